The number of amides is 1. The highest BCUT2D eigenvalue weighted by Gasteiger charge is 2.14. The van der Waals surface area contributed by atoms with E-state index in [9.17, 15) is 4.79 Å². The molecule has 0 radical (unpaired) electrons. The molecule has 1 amide bonds. The zero-order valence-corrected chi connectivity index (χ0v) is 15.9. The fourth-order valence-electron chi connectivity index (χ4n) is 2.22. The van der Waals surface area contributed by atoms with E-state index in [2.05, 4.69) is 10.5 Å². The second-order valence-electron chi connectivity index (χ2n) is 4.94. The maximum Gasteiger partial charge on any atom is 0.234 e. The zero-order valence-electron chi connectivity index (χ0n) is 12.2. The van der Waals surface area contributed by atoms with Crippen LogP contribution in [0.15, 0.2) is 53.1 Å². The number of nitrogens with zero attached hydrogens (tertiary/aromatic N) is 1. The van der Waals surface area contributed by atoms with E-state index in [4.69, 9.17) is 27.7 Å². The van der Waals surface area contributed by atoms with Gasteiger partial charge in [0.1, 0.15) is 5.69 Å². The average molecular weight is 473 g/mol. The molecule has 4 nitrogen and oxygen atoms in total. The summed E-state index contributed by atoms with van der Waals surface area (Å²) in [6.07, 6.45) is 0. The molecule has 24 heavy (non-hydrogen) atoms. The molecule has 3 aromatic rings. The zero-order chi connectivity index (χ0) is 17.1. The van der Waals surface area contributed by atoms with Gasteiger partial charge < -0.3 is 9.84 Å². The first-order valence-electron chi connectivity index (χ1n) is 6.96. The lowest BCUT2D eigenvalue weighted by Gasteiger charge is -2.04. The molecule has 1 heterocycles. The molecule has 0 unspecified atom stereocenters. The van der Waals surface area contributed by atoms with Crippen molar-refractivity contribution in [2.75, 3.05) is 9.74 Å². The monoisotopic (exact) mass is 472 g/mol. The minimum Gasteiger partial charge on any atom is -0.356 e. The van der Waals surface area contributed by atoms with Crippen molar-refractivity contribution in [2.24, 2.45) is 0 Å². The first kappa shape index (κ1) is 17.3. The van der Waals surface area contributed by atoms with Gasteiger partial charge in [0.15, 0.2) is 5.76 Å². The second kappa shape index (κ2) is 7.55. The summed E-state index contributed by atoms with van der Waals surface area (Å²) in [5.41, 5.74) is 2.68. The molecule has 122 valence electrons. The molecule has 0 fully saturated rings. The lowest BCUT2D eigenvalue weighted by atomic mass is 10.1. The third kappa shape index (κ3) is 3.74. The number of aromatic nitrogens is 1. The van der Waals surface area contributed by atoms with Crippen molar-refractivity contribution in [3.63, 3.8) is 0 Å². The molecule has 7 heteroatoms. The van der Waals surface area contributed by atoms with Gasteiger partial charge >= 0.3 is 0 Å². The Bertz CT molecular complexity index is 876. The normalized spacial score (nSPS) is 10.6. The summed E-state index contributed by atoms with van der Waals surface area (Å²) in [5, 5.41) is 7.88. The molecule has 0 bridgehead atoms. The van der Waals surface area contributed by atoms with Gasteiger partial charge in [-0.2, -0.15) is 0 Å². The number of carbonyl (C=O) groups excluding carboxylic acids is 1. The van der Waals surface area contributed by atoms with Crippen LogP contribution in [0.25, 0.3) is 22.6 Å². The predicted octanol–water partition coefficient (Wildman–Crippen LogP) is 5.69. The quantitative estimate of drug-likeness (QED) is 0.392. The number of nitrogens with one attached hydrogen (secondary N) is 1. The first-order valence-corrected chi connectivity index (χ1v) is 9.24. The van der Waals surface area contributed by atoms with Gasteiger partial charge in [-0.25, -0.2) is 0 Å². The standard InChI is InChI=1S/C17H11Cl2IN2O2/c18-12-5-2-6-13(19)17(12)14-8-15(24-22-14)10-3-1-4-11(7-10)21-16(23)9-20/h1-8H,9H2,(H,21,23). The molecule has 0 atom stereocenters. The molecule has 2 aromatic carbocycles. The SMILES string of the molecule is O=C(CI)Nc1cccc(-c2cc(-c3c(Cl)cccc3Cl)no2)c1. The molecule has 0 saturated carbocycles. The van der Waals surface area contributed by atoms with Crippen molar-refractivity contribution in [2.45, 2.75) is 0 Å². The van der Waals surface area contributed by atoms with Gasteiger partial charge in [0.2, 0.25) is 5.91 Å². The Morgan fingerprint density at radius 3 is 2.54 bits per heavy atom. The summed E-state index contributed by atoms with van der Waals surface area (Å²) < 4.78 is 5.81. The van der Waals surface area contributed by atoms with E-state index in [1.54, 1.807) is 24.3 Å². The van der Waals surface area contributed by atoms with Crippen molar-refractivity contribution in [1.82, 2.24) is 5.16 Å². The summed E-state index contributed by atoms with van der Waals surface area (Å²) in [4.78, 5) is 11.5. The lowest BCUT2D eigenvalue weighted by molar-refractivity contribution is -0.113. The van der Waals surface area contributed by atoms with Gasteiger partial charge in [0.05, 0.1) is 14.5 Å². The van der Waals surface area contributed by atoms with E-state index >= 15 is 0 Å². The van der Waals surface area contributed by atoms with E-state index in [0.717, 1.165) is 5.56 Å². The number of hydrogen-bond acceptors (Lipinski definition) is 3. The third-order valence-electron chi connectivity index (χ3n) is 3.28. The molecule has 0 aliphatic rings. The molecule has 3 rings (SSSR count). The third-order valence-corrected chi connectivity index (χ3v) is 4.60. The van der Waals surface area contributed by atoms with E-state index in [0.29, 0.717) is 37.2 Å². The molecule has 0 aliphatic carbocycles. The number of carbonyl (C=O) groups is 1. The molecule has 0 aliphatic heterocycles. The highest BCUT2D eigenvalue weighted by Crippen LogP contribution is 2.36. The summed E-state index contributed by atoms with van der Waals surface area (Å²) in [5.74, 6) is 0.500. The van der Waals surface area contributed by atoms with Gasteiger partial charge in [-0.15, -0.1) is 0 Å². The fourth-order valence-corrected chi connectivity index (χ4v) is 3.00. The van der Waals surface area contributed by atoms with Crippen LogP contribution in [0, 0.1) is 0 Å². The number of halogens is 3. The van der Waals surface area contributed by atoms with E-state index in [1.165, 1.54) is 0 Å². The summed E-state index contributed by atoms with van der Waals surface area (Å²) in [6.45, 7) is 0. The number of anilines is 1. The minimum absolute atomic E-state index is 0.0612. The Hall–Kier alpha value is -1.57. The van der Waals surface area contributed by atoms with Crippen molar-refractivity contribution in [1.29, 1.82) is 0 Å². The molecule has 0 spiro atoms. The molecule has 0 saturated heterocycles. The predicted molar refractivity (Wildman–Crippen MR) is 105 cm³/mol. The fraction of sp³-hybridized carbons (Fsp3) is 0.0588. The smallest absolute Gasteiger partial charge is 0.234 e. The minimum atomic E-state index is -0.0612. The number of hydrogen-bond donors (Lipinski definition) is 1. The van der Waals surface area contributed by atoms with Gasteiger partial charge in [-0.3, -0.25) is 4.79 Å². The van der Waals surface area contributed by atoms with Gasteiger partial charge in [0, 0.05) is 22.9 Å². The molecular weight excluding hydrogens is 462 g/mol. The van der Waals surface area contributed by atoms with E-state index in [1.807, 2.05) is 46.9 Å². The van der Waals surface area contributed by atoms with Crippen LogP contribution in [-0.4, -0.2) is 15.5 Å². The van der Waals surface area contributed by atoms with Crippen LogP contribution < -0.4 is 5.32 Å². The summed E-state index contributed by atoms with van der Waals surface area (Å²) in [7, 11) is 0. The molecular formula is C17H11Cl2IN2O2. The Morgan fingerprint density at radius 1 is 1.12 bits per heavy atom. The second-order valence-corrected chi connectivity index (χ2v) is 6.51. The van der Waals surface area contributed by atoms with E-state index < -0.39 is 0 Å². The van der Waals surface area contributed by atoms with Gasteiger partial charge in [0.25, 0.3) is 0 Å². The summed E-state index contributed by atoms with van der Waals surface area (Å²) in [6, 6.07) is 14.4. The Labute approximate surface area is 162 Å². The number of rotatable bonds is 4. The molecule has 1 aromatic heterocycles. The van der Waals surface area contributed by atoms with Crippen LogP contribution in [0.2, 0.25) is 10.0 Å². The van der Waals surface area contributed by atoms with E-state index in [-0.39, 0.29) is 5.91 Å². The molecule has 1 N–H and O–H groups in total. The highest BCUT2D eigenvalue weighted by molar-refractivity contribution is 14.1. The van der Waals surface area contributed by atoms with Crippen molar-refractivity contribution >= 4 is 57.4 Å². The van der Waals surface area contributed by atoms with Crippen LogP contribution in [0.1, 0.15) is 0 Å². The van der Waals surface area contributed by atoms with Crippen LogP contribution in [0.4, 0.5) is 5.69 Å². The number of alkyl halides is 1. The van der Waals surface area contributed by atoms with Crippen molar-refractivity contribution < 1.29 is 9.32 Å². The highest BCUT2D eigenvalue weighted by atomic mass is 127. The summed E-state index contributed by atoms with van der Waals surface area (Å²) >= 11 is 14.4. The van der Waals surface area contributed by atoms with Crippen molar-refractivity contribution in [3.05, 3.63) is 58.6 Å². The van der Waals surface area contributed by atoms with Gasteiger partial charge in [-0.05, 0) is 24.3 Å². The lowest BCUT2D eigenvalue weighted by Crippen LogP contribution is -2.11. The maximum absolute atomic E-state index is 11.5. The number of benzene rings is 2. The first-order chi connectivity index (χ1) is 11.6. The average Bonchev–Trinajstić information content (AvgIpc) is 3.04. The van der Waals surface area contributed by atoms with Crippen LogP contribution >= 0.6 is 45.8 Å². The van der Waals surface area contributed by atoms with Crippen LogP contribution in [0.3, 0.4) is 0 Å². The Kier molecular flexibility index (Phi) is 5.43. The van der Waals surface area contributed by atoms with Crippen molar-refractivity contribution in [3.8, 4) is 22.6 Å². The maximum atomic E-state index is 11.5. The largest absolute Gasteiger partial charge is 0.356 e. The van der Waals surface area contributed by atoms with Crippen LogP contribution in [-0.2, 0) is 4.79 Å². The Balaban J connectivity index is 1.94. The van der Waals surface area contributed by atoms with Gasteiger partial charge in [-0.1, -0.05) is 69.1 Å². The van der Waals surface area contributed by atoms with Crippen LogP contribution in [0.5, 0.6) is 0 Å². The topological polar surface area (TPSA) is 55.1 Å². The Morgan fingerprint density at radius 2 is 1.83 bits per heavy atom.